The summed E-state index contributed by atoms with van der Waals surface area (Å²) in [5, 5.41) is 7.10. The summed E-state index contributed by atoms with van der Waals surface area (Å²) in [6.07, 6.45) is 8.37. The van der Waals surface area contributed by atoms with Crippen molar-refractivity contribution in [2.24, 2.45) is 5.92 Å². The van der Waals surface area contributed by atoms with Crippen molar-refractivity contribution in [3.8, 4) is 11.5 Å². The predicted molar refractivity (Wildman–Crippen MR) is 95.3 cm³/mol. The number of benzene rings is 1. The Bertz CT molecular complexity index is 821. The summed E-state index contributed by atoms with van der Waals surface area (Å²) in [4.78, 5) is 22.4. The summed E-state index contributed by atoms with van der Waals surface area (Å²) in [7, 11) is 0. The van der Waals surface area contributed by atoms with E-state index in [0.717, 1.165) is 43.7 Å². The van der Waals surface area contributed by atoms with Gasteiger partial charge in [0.05, 0.1) is 6.20 Å². The van der Waals surface area contributed by atoms with Crippen LogP contribution in [0.1, 0.15) is 12.8 Å². The number of amides is 2. The van der Waals surface area contributed by atoms with Gasteiger partial charge < -0.3 is 14.6 Å². The standard InChI is InChI=1S/C18H20N6O2/c25-18(22-16-3-1-15(2-4-16)17-20-7-10-26-17)23-8-5-14(6-9-23)11-24-13-19-12-21-24/h1-4,7,10,12-14H,5-6,8-9,11H2,(H,22,25). The third-order valence-corrected chi connectivity index (χ3v) is 4.63. The van der Waals surface area contributed by atoms with E-state index in [1.165, 1.54) is 6.26 Å². The minimum atomic E-state index is -0.0620. The second kappa shape index (κ2) is 7.38. The molecule has 2 amide bonds. The topological polar surface area (TPSA) is 89.1 Å². The van der Waals surface area contributed by atoms with Crippen molar-refractivity contribution in [1.29, 1.82) is 0 Å². The SMILES string of the molecule is O=C(Nc1ccc(-c2ncco2)cc1)N1CCC(Cn2cncn2)CC1. The van der Waals surface area contributed by atoms with Gasteiger partial charge in [-0.05, 0) is 43.0 Å². The van der Waals surface area contributed by atoms with Crippen LogP contribution in [-0.4, -0.2) is 43.8 Å². The lowest BCUT2D eigenvalue weighted by Gasteiger charge is -2.31. The number of rotatable bonds is 4. The molecule has 0 spiro atoms. The van der Waals surface area contributed by atoms with E-state index >= 15 is 0 Å². The summed E-state index contributed by atoms with van der Waals surface area (Å²) in [5.41, 5.74) is 1.64. The molecule has 0 aliphatic carbocycles. The first-order valence-electron chi connectivity index (χ1n) is 8.66. The molecule has 8 nitrogen and oxygen atoms in total. The Kier molecular flexibility index (Phi) is 4.63. The molecule has 2 aromatic heterocycles. The summed E-state index contributed by atoms with van der Waals surface area (Å²) in [6, 6.07) is 7.41. The fourth-order valence-corrected chi connectivity index (χ4v) is 3.17. The molecule has 0 bridgehead atoms. The van der Waals surface area contributed by atoms with Gasteiger partial charge in [0.2, 0.25) is 5.89 Å². The highest BCUT2D eigenvalue weighted by molar-refractivity contribution is 5.89. The monoisotopic (exact) mass is 352 g/mol. The number of urea groups is 1. The average Bonchev–Trinajstić information content (AvgIpc) is 3.37. The molecule has 8 heteroatoms. The zero-order chi connectivity index (χ0) is 17.8. The van der Waals surface area contributed by atoms with Crippen LogP contribution >= 0.6 is 0 Å². The average molecular weight is 352 g/mol. The quantitative estimate of drug-likeness (QED) is 0.780. The number of aromatic nitrogens is 4. The molecule has 1 aromatic carbocycles. The van der Waals surface area contributed by atoms with Crippen molar-refractivity contribution in [3.63, 3.8) is 0 Å². The van der Waals surface area contributed by atoms with E-state index in [4.69, 9.17) is 4.42 Å². The number of carbonyl (C=O) groups is 1. The van der Waals surface area contributed by atoms with E-state index in [1.807, 2.05) is 33.8 Å². The molecule has 3 heterocycles. The van der Waals surface area contributed by atoms with Gasteiger partial charge in [-0.1, -0.05) is 0 Å². The molecule has 0 unspecified atom stereocenters. The molecule has 134 valence electrons. The van der Waals surface area contributed by atoms with Gasteiger partial charge >= 0.3 is 6.03 Å². The Hall–Kier alpha value is -3.16. The van der Waals surface area contributed by atoms with Gasteiger partial charge in [0.15, 0.2) is 0 Å². The molecule has 1 fully saturated rings. The summed E-state index contributed by atoms with van der Waals surface area (Å²) in [5.74, 6) is 1.10. The zero-order valence-electron chi connectivity index (χ0n) is 14.3. The van der Waals surface area contributed by atoms with E-state index in [1.54, 1.807) is 18.9 Å². The van der Waals surface area contributed by atoms with Gasteiger partial charge in [-0.25, -0.2) is 14.8 Å². The summed E-state index contributed by atoms with van der Waals surface area (Å²) >= 11 is 0. The Morgan fingerprint density at radius 3 is 2.69 bits per heavy atom. The molecule has 1 N–H and O–H groups in total. The Morgan fingerprint density at radius 1 is 1.23 bits per heavy atom. The van der Waals surface area contributed by atoms with Crippen LogP contribution in [0.25, 0.3) is 11.5 Å². The van der Waals surface area contributed by atoms with Crippen molar-refractivity contribution in [2.75, 3.05) is 18.4 Å². The fraction of sp³-hybridized carbons (Fsp3) is 0.333. The van der Waals surface area contributed by atoms with Gasteiger partial charge in [0.25, 0.3) is 0 Å². The van der Waals surface area contributed by atoms with Crippen molar-refractivity contribution in [2.45, 2.75) is 19.4 Å². The van der Waals surface area contributed by atoms with Crippen molar-refractivity contribution in [3.05, 3.63) is 49.4 Å². The summed E-state index contributed by atoms with van der Waals surface area (Å²) < 4.78 is 7.12. The molecule has 26 heavy (non-hydrogen) atoms. The molecule has 1 saturated heterocycles. The minimum absolute atomic E-state index is 0.0620. The normalized spacial score (nSPS) is 15.2. The lowest BCUT2D eigenvalue weighted by molar-refractivity contribution is 0.175. The number of oxazole rings is 1. The third-order valence-electron chi connectivity index (χ3n) is 4.63. The van der Waals surface area contributed by atoms with Crippen LogP contribution in [0.2, 0.25) is 0 Å². The molecule has 1 aliphatic heterocycles. The number of likely N-dealkylation sites (tertiary alicyclic amines) is 1. The van der Waals surface area contributed by atoms with E-state index in [-0.39, 0.29) is 6.03 Å². The maximum atomic E-state index is 12.5. The molecule has 4 rings (SSSR count). The molecule has 0 atom stereocenters. The van der Waals surface area contributed by atoms with Gasteiger partial charge in [0.1, 0.15) is 18.9 Å². The van der Waals surface area contributed by atoms with E-state index < -0.39 is 0 Å². The third kappa shape index (κ3) is 3.74. The van der Waals surface area contributed by atoms with Crippen LogP contribution < -0.4 is 5.32 Å². The van der Waals surface area contributed by atoms with Gasteiger partial charge in [-0.3, -0.25) is 4.68 Å². The lowest BCUT2D eigenvalue weighted by Crippen LogP contribution is -2.41. The molecule has 0 radical (unpaired) electrons. The molecule has 3 aromatic rings. The number of piperidine rings is 1. The zero-order valence-corrected chi connectivity index (χ0v) is 14.3. The van der Waals surface area contributed by atoms with Crippen LogP contribution in [0.3, 0.4) is 0 Å². The number of anilines is 1. The first kappa shape index (κ1) is 16.3. The molecular weight excluding hydrogens is 332 g/mol. The fourth-order valence-electron chi connectivity index (χ4n) is 3.17. The van der Waals surface area contributed by atoms with Gasteiger partial charge in [-0.2, -0.15) is 5.10 Å². The number of hydrogen-bond donors (Lipinski definition) is 1. The Balaban J connectivity index is 1.28. The van der Waals surface area contributed by atoms with Crippen molar-refractivity contribution in [1.82, 2.24) is 24.6 Å². The minimum Gasteiger partial charge on any atom is -0.445 e. The summed E-state index contributed by atoms with van der Waals surface area (Å²) in [6.45, 7) is 2.36. The first-order valence-corrected chi connectivity index (χ1v) is 8.66. The highest BCUT2D eigenvalue weighted by Crippen LogP contribution is 2.22. The van der Waals surface area contributed by atoms with Crippen LogP contribution in [0.15, 0.2) is 53.8 Å². The van der Waals surface area contributed by atoms with E-state index in [9.17, 15) is 4.79 Å². The number of nitrogens with one attached hydrogen (secondary N) is 1. The Morgan fingerprint density at radius 2 is 2.04 bits per heavy atom. The lowest BCUT2D eigenvalue weighted by atomic mass is 9.97. The molecule has 1 aliphatic rings. The number of nitrogens with zero attached hydrogens (tertiary/aromatic N) is 5. The predicted octanol–water partition coefficient (Wildman–Crippen LogP) is 2.88. The molecular formula is C18H20N6O2. The van der Waals surface area contributed by atoms with Crippen LogP contribution in [0.5, 0.6) is 0 Å². The van der Waals surface area contributed by atoms with Crippen LogP contribution in [0, 0.1) is 5.92 Å². The van der Waals surface area contributed by atoms with Gasteiger partial charge in [0, 0.05) is 30.9 Å². The van der Waals surface area contributed by atoms with Crippen LogP contribution in [0.4, 0.5) is 10.5 Å². The molecule has 0 saturated carbocycles. The number of hydrogen-bond acceptors (Lipinski definition) is 5. The van der Waals surface area contributed by atoms with E-state index in [0.29, 0.717) is 11.8 Å². The van der Waals surface area contributed by atoms with Crippen molar-refractivity contribution < 1.29 is 9.21 Å². The first-order chi connectivity index (χ1) is 12.8. The van der Waals surface area contributed by atoms with Crippen molar-refractivity contribution >= 4 is 11.7 Å². The van der Waals surface area contributed by atoms with E-state index in [2.05, 4.69) is 20.4 Å². The second-order valence-electron chi connectivity index (χ2n) is 6.39. The largest absolute Gasteiger partial charge is 0.445 e. The maximum Gasteiger partial charge on any atom is 0.321 e. The Labute approximate surface area is 150 Å². The smallest absolute Gasteiger partial charge is 0.321 e. The highest BCUT2D eigenvalue weighted by Gasteiger charge is 2.23. The second-order valence-corrected chi connectivity index (χ2v) is 6.39. The number of carbonyl (C=O) groups excluding carboxylic acids is 1. The highest BCUT2D eigenvalue weighted by atomic mass is 16.3. The maximum absolute atomic E-state index is 12.5. The van der Waals surface area contributed by atoms with Gasteiger partial charge in [-0.15, -0.1) is 0 Å². The van der Waals surface area contributed by atoms with Crippen LogP contribution in [-0.2, 0) is 6.54 Å².